The third-order valence-electron chi connectivity index (χ3n) is 3.82. The first-order valence-electron chi connectivity index (χ1n) is 6.94. The summed E-state index contributed by atoms with van der Waals surface area (Å²) in [5.74, 6) is 0. The van der Waals surface area contributed by atoms with Crippen molar-refractivity contribution in [1.82, 2.24) is 0 Å². The number of thiophene rings is 1. The molecule has 0 radical (unpaired) electrons. The molecule has 2 aromatic carbocycles. The Balaban J connectivity index is 1.78. The second kappa shape index (κ2) is 5.78. The first kappa shape index (κ1) is 13.3. The van der Waals surface area contributed by atoms with Gasteiger partial charge in [0.1, 0.15) is 0 Å². The Labute approximate surface area is 123 Å². The summed E-state index contributed by atoms with van der Waals surface area (Å²) in [5.41, 5.74) is 3.69. The normalized spacial score (nSPS) is 12.7. The van der Waals surface area contributed by atoms with Gasteiger partial charge in [-0.2, -0.15) is 0 Å². The van der Waals surface area contributed by atoms with E-state index < -0.39 is 6.10 Å². The molecule has 2 heteroatoms. The molecule has 1 aromatic heterocycles. The topological polar surface area (TPSA) is 20.2 Å². The number of fused-ring (bicyclic) bond motifs is 1. The third-order valence-corrected chi connectivity index (χ3v) is 4.80. The lowest BCUT2D eigenvalue weighted by atomic mass is 9.98. The van der Waals surface area contributed by atoms with E-state index in [9.17, 15) is 5.11 Å². The molecular formula is C18H18OS. The van der Waals surface area contributed by atoms with Crippen molar-refractivity contribution in [1.29, 1.82) is 0 Å². The van der Waals surface area contributed by atoms with Crippen LogP contribution in [0, 0.1) is 6.92 Å². The summed E-state index contributed by atoms with van der Waals surface area (Å²) < 4.78 is 1.21. The Kier molecular flexibility index (Phi) is 3.86. The molecule has 20 heavy (non-hydrogen) atoms. The van der Waals surface area contributed by atoms with Gasteiger partial charge >= 0.3 is 0 Å². The van der Waals surface area contributed by atoms with Crippen molar-refractivity contribution in [2.45, 2.75) is 25.9 Å². The predicted octanol–water partition coefficient (Wildman–Crippen LogP) is 4.88. The van der Waals surface area contributed by atoms with Crippen molar-refractivity contribution >= 4 is 21.4 Å². The van der Waals surface area contributed by atoms with E-state index in [1.807, 2.05) is 12.1 Å². The van der Waals surface area contributed by atoms with E-state index in [0.717, 1.165) is 18.4 Å². The average Bonchev–Trinajstić information content (AvgIpc) is 2.94. The van der Waals surface area contributed by atoms with E-state index >= 15 is 0 Å². The highest BCUT2D eigenvalue weighted by molar-refractivity contribution is 7.17. The fourth-order valence-electron chi connectivity index (χ4n) is 2.62. The van der Waals surface area contributed by atoms with Crippen LogP contribution < -0.4 is 0 Å². The molecule has 0 aliphatic carbocycles. The molecule has 1 N–H and O–H groups in total. The van der Waals surface area contributed by atoms with Crippen LogP contribution in [0.1, 0.15) is 29.2 Å². The summed E-state index contributed by atoms with van der Waals surface area (Å²) in [5, 5.41) is 13.8. The molecule has 1 nitrogen and oxygen atoms in total. The van der Waals surface area contributed by atoms with E-state index in [4.69, 9.17) is 0 Å². The zero-order valence-corrected chi connectivity index (χ0v) is 12.4. The minimum atomic E-state index is -0.392. The summed E-state index contributed by atoms with van der Waals surface area (Å²) in [7, 11) is 0. The van der Waals surface area contributed by atoms with Gasteiger partial charge < -0.3 is 5.11 Å². The number of rotatable bonds is 4. The Morgan fingerprint density at radius 2 is 1.90 bits per heavy atom. The van der Waals surface area contributed by atoms with Gasteiger partial charge in [-0.25, -0.2) is 0 Å². The fourth-order valence-corrected chi connectivity index (χ4v) is 3.58. The molecule has 1 atom stereocenters. The molecule has 102 valence electrons. The van der Waals surface area contributed by atoms with Crippen LogP contribution in [0.15, 0.2) is 53.9 Å². The van der Waals surface area contributed by atoms with Crippen molar-refractivity contribution < 1.29 is 5.11 Å². The van der Waals surface area contributed by atoms with Gasteiger partial charge in [0.15, 0.2) is 0 Å². The molecule has 0 amide bonds. The molecule has 0 aliphatic rings. The largest absolute Gasteiger partial charge is 0.388 e. The van der Waals surface area contributed by atoms with Crippen LogP contribution in [-0.4, -0.2) is 5.11 Å². The molecule has 1 unspecified atom stereocenters. The Hall–Kier alpha value is -1.64. The number of aryl methyl sites for hydroxylation is 2. The van der Waals surface area contributed by atoms with Crippen LogP contribution in [0.5, 0.6) is 0 Å². The zero-order valence-electron chi connectivity index (χ0n) is 11.5. The molecule has 0 fully saturated rings. The lowest BCUT2D eigenvalue weighted by Crippen LogP contribution is -2.00. The van der Waals surface area contributed by atoms with Gasteiger partial charge in [-0.1, -0.05) is 42.5 Å². The molecule has 0 saturated heterocycles. The average molecular weight is 282 g/mol. The van der Waals surface area contributed by atoms with E-state index in [1.54, 1.807) is 11.3 Å². The highest BCUT2D eigenvalue weighted by Crippen LogP contribution is 2.31. The second-order valence-electron chi connectivity index (χ2n) is 5.17. The summed E-state index contributed by atoms with van der Waals surface area (Å²) in [4.78, 5) is 0. The van der Waals surface area contributed by atoms with E-state index in [-0.39, 0.29) is 0 Å². The number of aliphatic hydroxyl groups excluding tert-OH is 1. The van der Waals surface area contributed by atoms with Crippen molar-refractivity contribution in [3.8, 4) is 0 Å². The minimum Gasteiger partial charge on any atom is -0.388 e. The Morgan fingerprint density at radius 3 is 2.75 bits per heavy atom. The van der Waals surface area contributed by atoms with Crippen molar-refractivity contribution in [2.24, 2.45) is 0 Å². The quantitative estimate of drug-likeness (QED) is 0.723. The van der Waals surface area contributed by atoms with Crippen molar-refractivity contribution in [2.75, 3.05) is 0 Å². The van der Waals surface area contributed by atoms with Crippen LogP contribution in [0.4, 0.5) is 0 Å². The highest BCUT2D eigenvalue weighted by atomic mass is 32.1. The first-order valence-corrected chi connectivity index (χ1v) is 7.82. The zero-order chi connectivity index (χ0) is 13.9. The summed E-state index contributed by atoms with van der Waals surface area (Å²) in [6.07, 6.45) is 1.29. The molecule has 0 spiro atoms. The first-order chi connectivity index (χ1) is 9.75. The molecule has 3 rings (SSSR count). The van der Waals surface area contributed by atoms with Gasteiger partial charge in [-0.15, -0.1) is 11.3 Å². The standard InChI is InChI=1S/C18H18OS/c1-13-5-2-3-6-14(13)9-10-17(19)16-8-4-7-15-11-12-20-18(15)16/h2-8,11-12,17,19H,9-10H2,1H3. The number of hydrogen-bond donors (Lipinski definition) is 1. The molecule has 0 bridgehead atoms. The number of aliphatic hydroxyl groups is 1. The fraction of sp³-hybridized carbons (Fsp3) is 0.222. The smallest absolute Gasteiger partial charge is 0.0807 e. The van der Waals surface area contributed by atoms with E-state index in [2.05, 4.69) is 48.7 Å². The monoisotopic (exact) mass is 282 g/mol. The number of hydrogen-bond acceptors (Lipinski definition) is 2. The predicted molar refractivity (Wildman–Crippen MR) is 86.3 cm³/mol. The van der Waals surface area contributed by atoms with Crippen LogP contribution in [0.3, 0.4) is 0 Å². The van der Waals surface area contributed by atoms with Gasteiger partial charge in [-0.3, -0.25) is 0 Å². The van der Waals surface area contributed by atoms with E-state index in [0.29, 0.717) is 0 Å². The van der Waals surface area contributed by atoms with Crippen LogP contribution >= 0.6 is 11.3 Å². The third kappa shape index (κ3) is 2.62. The maximum Gasteiger partial charge on any atom is 0.0807 e. The van der Waals surface area contributed by atoms with Gasteiger partial charge in [0.05, 0.1) is 6.10 Å². The second-order valence-corrected chi connectivity index (χ2v) is 6.08. The van der Waals surface area contributed by atoms with Crippen LogP contribution in [0.25, 0.3) is 10.1 Å². The molecule has 1 heterocycles. The molecule has 3 aromatic rings. The lowest BCUT2D eigenvalue weighted by molar-refractivity contribution is 0.169. The lowest BCUT2D eigenvalue weighted by Gasteiger charge is -2.13. The molecule has 0 aliphatic heterocycles. The summed E-state index contributed by atoms with van der Waals surface area (Å²) >= 11 is 1.71. The van der Waals surface area contributed by atoms with Crippen molar-refractivity contribution in [3.05, 3.63) is 70.6 Å². The number of benzene rings is 2. The molecule has 0 saturated carbocycles. The van der Waals surface area contributed by atoms with Crippen molar-refractivity contribution in [3.63, 3.8) is 0 Å². The van der Waals surface area contributed by atoms with Crippen LogP contribution in [-0.2, 0) is 6.42 Å². The Morgan fingerprint density at radius 1 is 1.05 bits per heavy atom. The highest BCUT2D eigenvalue weighted by Gasteiger charge is 2.12. The maximum absolute atomic E-state index is 10.5. The van der Waals surface area contributed by atoms with Crippen LogP contribution in [0.2, 0.25) is 0 Å². The summed E-state index contributed by atoms with van der Waals surface area (Å²) in [6, 6.07) is 16.7. The summed E-state index contributed by atoms with van der Waals surface area (Å²) in [6.45, 7) is 2.13. The van der Waals surface area contributed by atoms with E-state index in [1.165, 1.54) is 21.2 Å². The van der Waals surface area contributed by atoms with Gasteiger partial charge in [-0.05, 0) is 53.3 Å². The molecular weight excluding hydrogens is 264 g/mol. The van der Waals surface area contributed by atoms with Gasteiger partial charge in [0.2, 0.25) is 0 Å². The van der Waals surface area contributed by atoms with Gasteiger partial charge in [0, 0.05) is 4.70 Å². The Bertz CT molecular complexity index is 714. The van der Waals surface area contributed by atoms with Gasteiger partial charge in [0.25, 0.3) is 0 Å². The maximum atomic E-state index is 10.5. The SMILES string of the molecule is Cc1ccccc1CCC(O)c1cccc2ccsc12. The minimum absolute atomic E-state index is 0.392.